The Morgan fingerprint density at radius 3 is 2.50 bits per heavy atom. The number of aromatic hydroxyl groups is 1. The van der Waals surface area contributed by atoms with Crippen LogP contribution in [0.4, 0.5) is 24.8 Å². The third-order valence-corrected chi connectivity index (χ3v) is 10.5. The van der Waals surface area contributed by atoms with Crippen LogP contribution in [0.5, 0.6) is 5.75 Å². The number of alkyl halides is 3. The van der Waals surface area contributed by atoms with Gasteiger partial charge in [-0.25, -0.2) is 9.97 Å². The van der Waals surface area contributed by atoms with Crippen molar-refractivity contribution in [2.45, 2.75) is 76.4 Å². The summed E-state index contributed by atoms with van der Waals surface area (Å²) in [4.78, 5) is 57.7. The van der Waals surface area contributed by atoms with Gasteiger partial charge in [-0.2, -0.15) is 22.7 Å². The molecule has 0 radical (unpaired) electrons. The molecule has 2 amide bonds. The van der Waals surface area contributed by atoms with Crippen molar-refractivity contribution in [2.24, 2.45) is 0 Å². The van der Waals surface area contributed by atoms with Crippen molar-refractivity contribution in [2.75, 3.05) is 36.4 Å². The van der Waals surface area contributed by atoms with Crippen molar-refractivity contribution in [3.8, 4) is 5.75 Å². The summed E-state index contributed by atoms with van der Waals surface area (Å²) in [6.45, 7) is 5.31. The van der Waals surface area contributed by atoms with Gasteiger partial charge in [-0.05, 0) is 69.6 Å². The van der Waals surface area contributed by atoms with Gasteiger partial charge in [0.25, 0.3) is 11.5 Å². The quantitative estimate of drug-likeness (QED) is 0.301. The number of hydrogen-bond donors (Lipinski definition) is 2. The number of anilines is 2. The van der Waals surface area contributed by atoms with E-state index in [4.69, 9.17) is 16.6 Å². The normalized spacial score (nSPS) is 18.9. The van der Waals surface area contributed by atoms with Crippen molar-refractivity contribution in [1.29, 1.82) is 0 Å². The summed E-state index contributed by atoms with van der Waals surface area (Å²) in [6, 6.07) is 2.71. The van der Waals surface area contributed by atoms with Gasteiger partial charge in [0.15, 0.2) is 11.4 Å². The lowest BCUT2D eigenvalue weighted by Crippen LogP contribution is -2.46. The van der Waals surface area contributed by atoms with E-state index >= 15 is 0 Å². The monoisotopic (exact) mass is 713 g/mol. The van der Waals surface area contributed by atoms with E-state index in [9.17, 15) is 32.7 Å². The van der Waals surface area contributed by atoms with E-state index in [1.807, 2.05) is 11.8 Å². The first-order chi connectivity index (χ1) is 23.8. The molecule has 2 N–H and O–H groups in total. The number of rotatable bonds is 5. The summed E-state index contributed by atoms with van der Waals surface area (Å²) in [7, 11) is 0. The van der Waals surface area contributed by atoms with Gasteiger partial charge >= 0.3 is 6.18 Å². The molecule has 4 aromatic rings. The number of piperidine rings is 2. The van der Waals surface area contributed by atoms with Crippen LogP contribution in [0.2, 0.25) is 5.02 Å². The van der Waals surface area contributed by atoms with Crippen molar-refractivity contribution in [3.63, 3.8) is 0 Å². The van der Waals surface area contributed by atoms with Crippen LogP contribution in [-0.4, -0.2) is 77.1 Å². The second kappa shape index (κ2) is 12.5. The van der Waals surface area contributed by atoms with Gasteiger partial charge in [0.2, 0.25) is 17.6 Å². The van der Waals surface area contributed by atoms with Crippen LogP contribution in [0.25, 0.3) is 5.78 Å². The molecule has 1 aliphatic carbocycles. The van der Waals surface area contributed by atoms with Gasteiger partial charge in [-0.1, -0.05) is 18.5 Å². The number of nitrogens with one attached hydrogen (secondary N) is 1. The van der Waals surface area contributed by atoms with E-state index in [0.29, 0.717) is 55.3 Å². The summed E-state index contributed by atoms with van der Waals surface area (Å²) in [5.74, 6) is -0.884. The molecule has 5 heterocycles. The molecule has 0 bridgehead atoms. The third kappa shape index (κ3) is 5.82. The highest BCUT2D eigenvalue weighted by Crippen LogP contribution is 2.50. The van der Waals surface area contributed by atoms with Gasteiger partial charge in [0.05, 0.1) is 22.0 Å². The zero-order valence-electron chi connectivity index (χ0n) is 27.4. The lowest BCUT2D eigenvalue weighted by Gasteiger charge is -2.39. The summed E-state index contributed by atoms with van der Waals surface area (Å²) in [5, 5.41) is 17.4. The molecule has 2 saturated heterocycles. The van der Waals surface area contributed by atoms with Crippen LogP contribution < -0.4 is 15.8 Å². The molecule has 17 heteroatoms. The molecule has 2 aliphatic heterocycles. The van der Waals surface area contributed by atoms with Crippen LogP contribution in [-0.2, 0) is 22.9 Å². The highest BCUT2D eigenvalue weighted by atomic mass is 35.5. The second-order valence-electron chi connectivity index (χ2n) is 13.4. The summed E-state index contributed by atoms with van der Waals surface area (Å²) in [5.41, 5.74) is -0.525. The fraction of sp³-hybridized carbons (Fsp3) is 0.485. The van der Waals surface area contributed by atoms with Crippen LogP contribution >= 0.6 is 11.6 Å². The molecule has 50 heavy (non-hydrogen) atoms. The molecule has 1 atom stereocenters. The number of amides is 2. The van der Waals surface area contributed by atoms with Crippen LogP contribution in [0.1, 0.15) is 84.4 Å². The maximum Gasteiger partial charge on any atom is 0.416 e. The molecule has 0 saturated carbocycles. The van der Waals surface area contributed by atoms with Crippen LogP contribution in [0, 0.1) is 6.92 Å². The molecule has 3 aliphatic rings. The Morgan fingerprint density at radius 1 is 1.10 bits per heavy atom. The van der Waals surface area contributed by atoms with Gasteiger partial charge in [-0.3, -0.25) is 14.4 Å². The van der Waals surface area contributed by atoms with Crippen molar-refractivity contribution in [1.82, 2.24) is 34.0 Å². The van der Waals surface area contributed by atoms with E-state index in [0.717, 1.165) is 50.6 Å². The first-order valence-electron chi connectivity index (χ1n) is 16.5. The number of fused-ring (bicyclic) bond motifs is 3. The number of benzene rings is 1. The van der Waals surface area contributed by atoms with Gasteiger partial charge in [0.1, 0.15) is 12.9 Å². The molecule has 2 fully saturated rings. The van der Waals surface area contributed by atoms with E-state index < -0.39 is 29.0 Å². The standard InChI is InChI=1S/C33H35ClF3N9O4/c1-18-15-32(8-12-43(13-9-32)29(50)25-27(48)19(2)38-17-39-25)24-26(18)45(16-23(47)40-22-7-6-20(14-21(22)34)33(35,36)37)31-41-30(42-46(31)28(24)49)44-10-4-3-5-11-44/h6-7,14,17-18,48H,3-5,8-13,15-16H2,1-2H3,(H,40,47). The number of aromatic nitrogens is 6. The van der Waals surface area contributed by atoms with Crippen molar-refractivity contribution in [3.05, 3.63) is 68.1 Å². The highest BCUT2D eigenvalue weighted by Gasteiger charge is 2.49. The largest absolute Gasteiger partial charge is 0.504 e. The molecular weight excluding hydrogens is 679 g/mol. The molecule has 3 aromatic heterocycles. The molecule has 1 unspecified atom stereocenters. The zero-order valence-corrected chi connectivity index (χ0v) is 28.2. The topological polar surface area (TPSA) is 151 Å². The summed E-state index contributed by atoms with van der Waals surface area (Å²) < 4.78 is 42.6. The zero-order chi connectivity index (χ0) is 35.5. The number of nitrogens with zero attached hydrogens (tertiary/aromatic N) is 8. The minimum Gasteiger partial charge on any atom is -0.504 e. The van der Waals surface area contributed by atoms with Gasteiger partial charge < -0.3 is 24.8 Å². The molecule has 13 nitrogen and oxygen atoms in total. The lowest BCUT2D eigenvalue weighted by atomic mass is 9.73. The van der Waals surface area contributed by atoms with Gasteiger partial charge in [0, 0.05) is 42.9 Å². The van der Waals surface area contributed by atoms with E-state index in [-0.39, 0.29) is 46.0 Å². The van der Waals surface area contributed by atoms with E-state index in [1.165, 1.54) is 10.8 Å². The van der Waals surface area contributed by atoms with Crippen molar-refractivity contribution < 1.29 is 27.9 Å². The molecule has 1 aromatic carbocycles. The number of halogens is 4. The Morgan fingerprint density at radius 2 is 1.82 bits per heavy atom. The van der Waals surface area contributed by atoms with E-state index in [2.05, 4.69) is 20.4 Å². The average molecular weight is 714 g/mol. The minimum atomic E-state index is -4.60. The third-order valence-electron chi connectivity index (χ3n) is 10.2. The predicted molar refractivity (Wildman–Crippen MR) is 177 cm³/mol. The fourth-order valence-electron chi connectivity index (χ4n) is 7.73. The summed E-state index contributed by atoms with van der Waals surface area (Å²) >= 11 is 6.15. The smallest absolute Gasteiger partial charge is 0.416 e. The predicted octanol–water partition coefficient (Wildman–Crippen LogP) is 4.68. The van der Waals surface area contributed by atoms with E-state index in [1.54, 1.807) is 16.4 Å². The minimum absolute atomic E-state index is 0.0142. The molecule has 7 rings (SSSR count). The number of aryl methyl sites for hydroxylation is 1. The second-order valence-corrected chi connectivity index (χ2v) is 13.8. The van der Waals surface area contributed by atoms with Crippen LogP contribution in [0.3, 0.4) is 0 Å². The SMILES string of the molecule is Cc1ncnc(C(=O)N2CCC3(CC2)CC(C)c2c3c(=O)n3nc(N4CCCCC4)nc3n2CC(=O)Nc2ccc(C(F)(F)F)cc2Cl)c1O. The molecular formula is C33H35ClF3N9O4. The fourth-order valence-corrected chi connectivity index (χ4v) is 7.96. The maximum atomic E-state index is 14.4. The first kappa shape index (κ1) is 33.8. The van der Waals surface area contributed by atoms with Crippen LogP contribution in [0.15, 0.2) is 29.3 Å². The Kier molecular flexibility index (Phi) is 8.47. The first-order valence-corrected chi connectivity index (χ1v) is 16.9. The Labute approximate surface area is 289 Å². The number of carbonyl (C=O) groups excluding carboxylic acids is 2. The number of likely N-dealkylation sites (tertiary alicyclic amines) is 1. The lowest BCUT2D eigenvalue weighted by molar-refractivity contribution is -0.137. The van der Waals surface area contributed by atoms with Crippen molar-refractivity contribution >= 4 is 40.8 Å². The Balaban J connectivity index is 1.25. The Bertz CT molecular complexity index is 2070. The summed E-state index contributed by atoms with van der Waals surface area (Å²) in [6.07, 6.45) is 1.09. The maximum absolute atomic E-state index is 14.4. The average Bonchev–Trinajstić information content (AvgIpc) is 3.65. The highest BCUT2D eigenvalue weighted by molar-refractivity contribution is 6.33. The number of carbonyl (C=O) groups is 2. The molecule has 264 valence electrons. The number of hydrogen-bond acceptors (Lipinski definition) is 9. The Hall–Kier alpha value is -4.73. The van der Waals surface area contributed by atoms with Gasteiger partial charge in [-0.15, -0.1) is 5.10 Å². The molecule has 1 spiro atoms.